The first-order valence-electron chi connectivity index (χ1n) is 12.3. The van der Waals surface area contributed by atoms with Gasteiger partial charge in [0, 0.05) is 18.5 Å². The fraction of sp³-hybridized carbons (Fsp3) is 0.357. The highest BCUT2D eigenvalue weighted by Gasteiger charge is 2.32. The van der Waals surface area contributed by atoms with Gasteiger partial charge in [0.15, 0.2) is 0 Å². The van der Waals surface area contributed by atoms with Gasteiger partial charge in [0.25, 0.3) is 0 Å². The number of carbonyl (C=O) groups excluding carboxylic acids is 2. The number of halogens is 1. The normalized spacial score (nSPS) is 12.4. The molecule has 9 heteroatoms. The van der Waals surface area contributed by atoms with Gasteiger partial charge in [-0.2, -0.15) is 0 Å². The molecule has 0 fully saturated rings. The van der Waals surface area contributed by atoms with Gasteiger partial charge in [-0.05, 0) is 41.5 Å². The average Bonchev–Trinajstić information content (AvgIpc) is 2.86. The average molecular weight is 528 g/mol. The summed E-state index contributed by atoms with van der Waals surface area (Å²) >= 11 is 0. The Kier molecular flexibility index (Phi) is 9.26. The number of nitrogens with one attached hydrogen (secondary N) is 1. The molecule has 3 rings (SSSR count). The van der Waals surface area contributed by atoms with Crippen LogP contribution in [0.15, 0.2) is 66.7 Å². The largest absolute Gasteiger partial charge is 0.354 e. The van der Waals surface area contributed by atoms with Crippen molar-refractivity contribution < 1.29 is 22.4 Å². The third-order valence-corrected chi connectivity index (χ3v) is 7.18. The number of carbonyl (C=O) groups is 2. The van der Waals surface area contributed by atoms with Crippen LogP contribution in [0.3, 0.4) is 0 Å². The molecule has 3 aromatic rings. The number of hydrogen-bond donors (Lipinski definition) is 1. The molecule has 0 bridgehead atoms. The summed E-state index contributed by atoms with van der Waals surface area (Å²) in [5.74, 6) is -1.05. The molecule has 0 aliphatic heterocycles. The number of rotatable bonds is 11. The van der Waals surface area contributed by atoms with Crippen LogP contribution in [0.25, 0.3) is 10.8 Å². The second-order valence-electron chi connectivity index (χ2n) is 9.48. The van der Waals surface area contributed by atoms with Crippen molar-refractivity contribution in [3.05, 3.63) is 78.1 Å². The van der Waals surface area contributed by atoms with Gasteiger partial charge in [0.1, 0.15) is 18.4 Å². The number of benzene rings is 3. The third-order valence-electron chi connectivity index (χ3n) is 6.05. The van der Waals surface area contributed by atoms with Crippen molar-refractivity contribution in [2.45, 2.75) is 39.8 Å². The molecule has 1 N–H and O–H groups in total. The lowest BCUT2D eigenvalue weighted by atomic mass is 10.1. The first-order chi connectivity index (χ1) is 17.5. The summed E-state index contributed by atoms with van der Waals surface area (Å²) in [4.78, 5) is 28.3. The first-order valence-corrected chi connectivity index (χ1v) is 14.1. The van der Waals surface area contributed by atoms with Crippen LogP contribution in [0.5, 0.6) is 0 Å². The Morgan fingerprint density at radius 3 is 2.24 bits per heavy atom. The molecule has 198 valence electrons. The maximum absolute atomic E-state index is 13.8. The first kappa shape index (κ1) is 28.1. The standard InChI is InChI=1S/C28H34FN3O4S/c1-5-25(28(34)30-17-20(2)3)31(18-21-13-15-23(29)16-14-21)27(33)19-32(37(4,35)36)26-12-8-10-22-9-6-7-11-24(22)26/h6-16,20,25H,5,17-19H2,1-4H3,(H,30,34)/t25-/m0/s1. The van der Waals surface area contributed by atoms with E-state index in [0.29, 0.717) is 29.6 Å². The smallest absolute Gasteiger partial charge is 0.244 e. The Morgan fingerprint density at radius 1 is 0.973 bits per heavy atom. The molecule has 0 radical (unpaired) electrons. The van der Waals surface area contributed by atoms with Crippen molar-refractivity contribution in [2.24, 2.45) is 5.92 Å². The molecule has 0 aliphatic rings. The minimum Gasteiger partial charge on any atom is -0.354 e. The zero-order valence-corrected chi connectivity index (χ0v) is 22.5. The van der Waals surface area contributed by atoms with Crippen molar-refractivity contribution in [1.82, 2.24) is 10.2 Å². The van der Waals surface area contributed by atoms with E-state index in [1.165, 1.54) is 17.0 Å². The molecule has 37 heavy (non-hydrogen) atoms. The van der Waals surface area contributed by atoms with Gasteiger partial charge in [-0.15, -0.1) is 0 Å². The lowest BCUT2D eigenvalue weighted by Gasteiger charge is -2.33. The zero-order chi connectivity index (χ0) is 27.2. The molecule has 0 aliphatic carbocycles. The maximum atomic E-state index is 13.8. The van der Waals surface area contributed by atoms with Crippen molar-refractivity contribution >= 4 is 38.3 Å². The highest BCUT2D eigenvalue weighted by atomic mass is 32.2. The van der Waals surface area contributed by atoms with Crippen molar-refractivity contribution in [1.29, 1.82) is 0 Å². The van der Waals surface area contributed by atoms with Crippen LogP contribution in [-0.4, -0.2) is 50.5 Å². The number of nitrogens with zero attached hydrogens (tertiary/aromatic N) is 2. The van der Waals surface area contributed by atoms with E-state index in [9.17, 15) is 22.4 Å². The molecule has 0 saturated heterocycles. The molecule has 0 unspecified atom stereocenters. The summed E-state index contributed by atoms with van der Waals surface area (Å²) in [6.45, 7) is 5.72. The van der Waals surface area contributed by atoms with Gasteiger partial charge >= 0.3 is 0 Å². The predicted molar refractivity (Wildman–Crippen MR) is 145 cm³/mol. The van der Waals surface area contributed by atoms with Gasteiger partial charge in [0.05, 0.1) is 11.9 Å². The lowest BCUT2D eigenvalue weighted by Crippen LogP contribution is -2.52. The van der Waals surface area contributed by atoms with E-state index in [1.807, 2.05) is 32.0 Å². The summed E-state index contributed by atoms with van der Waals surface area (Å²) in [6, 6.07) is 17.5. The van der Waals surface area contributed by atoms with Crippen LogP contribution in [0, 0.1) is 11.7 Å². The predicted octanol–water partition coefficient (Wildman–Crippen LogP) is 4.32. The van der Waals surface area contributed by atoms with Crippen LogP contribution in [0.1, 0.15) is 32.8 Å². The van der Waals surface area contributed by atoms with E-state index in [-0.39, 0.29) is 18.4 Å². The van der Waals surface area contributed by atoms with Gasteiger partial charge in [-0.1, -0.05) is 69.3 Å². The minimum atomic E-state index is -3.85. The number of amides is 2. The number of anilines is 1. The maximum Gasteiger partial charge on any atom is 0.244 e. The van der Waals surface area contributed by atoms with Gasteiger partial charge in [-0.25, -0.2) is 12.8 Å². The second kappa shape index (κ2) is 12.2. The molecule has 0 spiro atoms. The number of fused-ring (bicyclic) bond motifs is 1. The molecule has 3 aromatic carbocycles. The van der Waals surface area contributed by atoms with Crippen molar-refractivity contribution in [3.63, 3.8) is 0 Å². The topological polar surface area (TPSA) is 86.8 Å². The van der Waals surface area contributed by atoms with Gasteiger partial charge in [0.2, 0.25) is 21.8 Å². The highest BCUT2D eigenvalue weighted by Crippen LogP contribution is 2.29. The van der Waals surface area contributed by atoms with Crippen LogP contribution in [0.2, 0.25) is 0 Å². The van der Waals surface area contributed by atoms with E-state index in [0.717, 1.165) is 15.9 Å². The fourth-order valence-corrected chi connectivity index (χ4v) is 5.01. The van der Waals surface area contributed by atoms with Crippen molar-refractivity contribution in [3.8, 4) is 0 Å². The molecule has 2 amide bonds. The minimum absolute atomic E-state index is 0.0276. The molecule has 1 atom stereocenters. The Balaban J connectivity index is 2.00. The van der Waals surface area contributed by atoms with Crippen LogP contribution in [0.4, 0.5) is 10.1 Å². The second-order valence-corrected chi connectivity index (χ2v) is 11.4. The summed E-state index contributed by atoms with van der Waals surface area (Å²) in [5, 5.41) is 4.40. The van der Waals surface area contributed by atoms with Crippen LogP contribution >= 0.6 is 0 Å². The summed E-state index contributed by atoms with van der Waals surface area (Å²) in [5.41, 5.74) is 1.01. The molecule has 0 heterocycles. The SMILES string of the molecule is CC[C@@H](C(=O)NCC(C)C)N(Cc1ccc(F)cc1)C(=O)CN(c1cccc2ccccc12)S(C)(=O)=O. The van der Waals surface area contributed by atoms with Crippen LogP contribution < -0.4 is 9.62 Å². The lowest BCUT2D eigenvalue weighted by molar-refractivity contribution is -0.140. The van der Waals surface area contributed by atoms with Crippen molar-refractivity contribution in [2.75, 3.05) is 23.7 Å². The Labute approximate surface area is 218 Å². The van der Waals surface area contributed by atoms with E-state index in [1.54, 1.807) is 43.3 Å². The van der Waals surface area contributed by atoms with E-state index >= 15 is 0 Å². The molecule has 0 saturated carbocycles. The van der Waals surface area contributed by atoms with Crippen LogP contribution in [-0.2, 0) is 26.2 Å². The molecular formula is C28H34FN3O4S. The Hall–Kier alpha value is -3.46. The zero-order valence-electron chi connectivity index (χ0n) is 21.6. The Morgan fingerprint density at radius 2 is 1.62 bits per heavy atom. The quantitative estimate of drug-likeness (QED) is 0.402. The Bertz CT molecular complexity index is 1340. The summed E-state index contributed by atoms with van der Waals surface area (Å²) < 4.78 is 40.4. The number of sulfonamides is 1. The van der Waals surface area contributed by atoms with Gasteiger partial charge in [-0.3, -0.25) is 13.9 Å². The van der Waals surface area contributed by atoms with E-state index in [2.05, 4.69) is 5.32 Å². The molecular weight excluding hydrogens is 493 g/mol. The third kappa shape index (κ3) is 7.29. The van der Waals surface area contributed by atoms with E-state index in [4.69, 9.17) is 0 Å². The molecule has 7 nitrogen and oxygen atoms in total. The fourth-order valence-electron chi connectivity index (χ4n) is 4.15. The summed E-state index contributed by atoms with van der Waals surface area (Å²) in [6.07, 6.45) is 1.38. The summed E-state index contributed by atoms with van der Waals surface area (Å²) in [7, 11) is -3.85. The van der Waals surface area contributed by atoms with E-state index < -0.39 is 34.3 Å². The number of hydrogen-bond acceptors (Lipinski definition) is 4. The molecule has 0 aromatic heterocycles. The monoisotopic (exact) mass is 527 g/mol. The van der Waals surface area contributed by atoms with Gasteiger partial charge < -0.3 is 10.2 Å². The highest BCUT2D eigenvalue weighted by molar-refractivity contribution is 7.92.